The van der Waals surface area contributed by atoms with E-state index in [1.165, 1.54) is 8.61 Å². The van der Waals surface area contributed by atoms with Crippen LogP contribution in [0.4, 0.5) is 5.69 Å². The summed E-state index contributed by atoms with van der Waals surface area (Å²) in [5.41, 5.74) is 2.70. The zero-order valence-electron chi connectivity index (χ0n) is 16.1. The first-order valence-electron chi connectivity index (χ1n) is 9.14. The number of carbonyl (C=O) groups excluding carboxylic acids is 1. The van der Waals surface area contributed by atoms with Gasteiger partial charge in [-0.25, -0.2) is 0 Å². The maximum atomic E-state index is 13.0. The Kier molecular flexibility index (Phi) is 6.77. The van der Waals surface area contributed by atoms with E-state index < -0.39 is 10.2 Å². The second kappa shape index (κ2) is 9.09. The maximum absolute atomic E-state index is 13.0. The van der Waals surface area contributed by atoms with Gasteiger partial charge in [0.25, 0.3) is 10.2 Å². The van der Waals surface area contributed by atoms with Crippen LogP contribution in [0, 0.1) is 6.92 Å². The molecule has 3 rings (SSSR count). The highest BCUT2D eigenvalue weighted by Gasteiger charge is 2.34. The van der Waals surface area contributed by atoms with Gasteiger partial charge in [-0.05, 0) is 48.9 Å². The van der Waals surface area contributed by atoms with Crippen molar-refractivity contribution in [3.8, 4) is 0 Å². The highest BCUT2D eigenvalue weighted by molar-refractivity contribution is 7.98. The normalized spacial score (nSPS) is 17.4. The molecule has 0 spiro atoms. The van der Waals surface area contributed by atoms with Gasteiger partial charge in [-0.1, -0.05) is 30.3 Å². The largest absolute Gasteiger partial charge is 0.325 e. The van der Waals surface area contributed by atoms with Crippen LogP contribution in [0.25, 0.3) is 0 Å². The summed E-state index contributed by atoms with van der Waals surface area (Å²) in [6.45, 7) is 2.92. The number of carbonyl (C=O) groups is 1. The molecule has 2 aromatic carbocycles. The summed E-state index contributed by atoms with van der Waals surface area (Å²) in [6, 6.07) is 15.3. The molecule has 0 unspecified atom stereocenters. The molecule has 0 bridgehead atoms. The molecule has 28 heavy (non-hydrogen) atoms. The van der Waals surface area contributed by atoms with E-state index in [2.05, 4.69) is 5.32 Å². The molecule has 1 aliphatic rings. The minimum atomic E-state index is -3.68. The number of anilines is 1. The maximum Gasteiger partial charge on any atom is 0.282 e. The van der Waals surface area contributed by atoms with Gasteiger partial charge in [-0.15, -0.1) is 11.8 Å². The Morgan fingerprint density at radius 1 is 1.11 bits per heavy atom. The molecule has 6 nitrogen and oxygen atoms in total. The minimum Gasteiger partial charge on any atom is -0.325 e. The van der Waals surface area contributed by atoms with E-state index in [0.29, 0.717) is 31.7 Å². The van der Waals surface area contributed by atoms with E-state index in [1.807, 2.05) is 55.6 Å². The predicted octanol–water partition coefficient (Wildman–Crippen LogP) is 3.11. The number of benzene rings is 2. The smallest absolute Gasteiger partial charge is 0.282 e. The summed E-state index contributed by atoms with van der Waals surface area (Å²) < 4.78 is 28.7. The first-order valence-corrected chi connectivity index (χ1v) is 11.8. The molecule has 1 fully saturated rings. The predicted molar refractivity (Wildman–Crippen MR) is 114 cm³/mol. The third-order valence-electron chi connectivity index (χ3n) is 4.75. The fraction of sp³-hybridized carbons (Fsp3) is 0.350. The van der Waals surface area contributed by atoms with Crippen LogP contribution in [0.5, 0.6) is 0 Å². The molecule has 1 aliphatic heterocycles. The molecular weight excluding hydrogens is 394 g/mol. The second-order valence-electron chi connectivity index (χ2n) is 6.74. The summed E-state index contributed by atoms with van der Waals surface area (Å²) in [6.07, 6.45) is 2.66. The van der Waals surface area contributed by atoms with Crippen molar-refractivity contribution < 1.29 is 13.2 Å². The van der Waals surface area contributed by atoms with Crippen LogP contribution < -0.4 is 5.32 Å². The van der Waals surface area contributed by atoms with Crippen molar-refractivity contribution in [2.45, 2.75) is 24.8 Å². The van der Waals surface area contributed by atoms with Crippen molar-refractivity contribution in [1.82, 2.24) is 8.61 Å². The van der Waals surface area contributed by atoms with Gasteiger partial charge in [0.15, 0.2) is 0 Å². The zero-order valence-corrected chi connectivity index (χ0v) is 17.7. The fourth-order valence-electron chi connectivity index (χ4n) is 3.18. The molecule has 2 aromatic rings. The standard InChI is InChI=1S/C20H25N3O3S2/c1-16-7-3-4-8-17(16)14-22-11-6-12-23(28(22,25)26)15-20(24)21-18-9-5-10-19(13-18)27-2/h3-5,7-10,13H,6,11-12,14-15H2,1-2H3,(H,21,24). The highest BCUT2D eigenvalue weighted by Crippen LogP contribution is 2.22. The Labute approximate surface area is 171 Å². The third kappa shape index (κ3) is 4.94. The van der Waals surface area contributed by atoms with E-state index in [0.717, 1.165) is 16.0 Å². The molecular formula is C20H25N3O3S2. The third-order valence-corrected chi connectivity index (χ3v) is 7.40. The van der Waals surface area contributed by atoms with Crippen LogP contribution in [0.2, 0.25) is 0 Å². The van der Waals surface area contributed by atoms with Gasteiger partial charge in [-0.3, -0.25) is 4.79 Å². The molecule has 0 radical (unpaired) electrons. The zero-order chi connectivity index (χ0) is 20.1. The topological polar surface area (TPSA) is 69.7 Å². The van der Waals surface area contributed by atoms with Crippen molar-refractivity contribution in [2.75, 3.05) is 31.2 Å². The summed E-state index contributed by atoms with van der Waals surface area (Å²) in [4.78, 5) is 13.5. The Morgan fingerprint density at radius 2 is 1.86 bits per heavy atom. The summed E-state index contributed by atoms with van der Waals surface area (Å²) in [7, 11) is -3.68. The molecule has 1 heterocycles. The molecule has 8 heteroatoms. The molecule has 0 aliphatic carbocycles. The quantitative estimate of drug-likeness (QED) is 0.731. The Balaban J connectivity index is 1.68. The Bertz CT molecular complexity index is 947. The molecule has 0 saturated carbocycles. The molecule has 0 atom stereocenters. The average molecular weight is 420 g/mol. The van der Waals surface area contributed by atoms with Crippen LogP contribution in [-0.4, -0.2) is 48.8 Å². The number of aryl methyl sites for hydroxylation is 1. The SMILES string of the molecule is CSc1cccc(NC(=O)CN2CCCN(Cc3ccccc3C)S2(=O)=O)c1. The van der Waals surface area contributed by atoms with Gasteiger partial charge >= 0.3 is 0 Å². The van der Waals surface area contributed by atoms with Crippen molar-refractivity contribution in [2.24, 2.45) is 0 Å². The van der Waals surface area contributed by atoms with E-state index >= 15 is 0 Å². The molecule has 1 amide bonds. The number of hydrogen-bond donors (Lipinski definition) is 1. The second-order valence-corrected chi connectivity index (χ2v) is 9.54. The number of amides is 1. The monoisotopic (exact) mass is 419 g/mol. The van der Waals surface area contributed by atoms with E-state index in [9.17, 15) is 13.2 Å². The number of hydrogen-bond acceptors (Lipinski definition) is 4. The van der Waals surface area contributed by atoms with E-state index in [4.69, 9.17) is 0 Å². The van der Waals surface area contributed by atoms with Crippen LogP contribution in [-0.2, 0) is 21.5 Å². The van der Waals surface area contributed by atoms with Crippen molar-refractivity contribution >= 4 is 33.6 Å². The van der Waals surface area contributed by atoms with Crippen LogP contribution >= 0.6 is 11.8 Å². The lowest BCUT2D eigenvalue weighted by Gasteiger charge is -2.34. The van der Waals surface area contributed by atoms with Gasteiger partial charge in [0.05, 0.1) is 6.54 Å². The Hall–Kier alpha value is -1.87. The van der Waals surface area contributed by atoms with Gasteiger partial charge in [-0.2, -0.15) is 17.0 Å². The van der Waals surface area contributed by atoms with Gasteiger partial charge in [0.1, 0.15) is 0 Å². The number of thioether (sulfide) groups is 1. The van der Waals surface area contributed by atoms with Crippen LogP contribution in [0.3, 0.4) is 0 Å². The van der Waals surface area contributed by atoms with Crippen LogP contribution in [0.1, 0.15) is 17.5 Å². The lowest BCUT2D eigenvalue weighted by atomic mass is 10.1. The summed E-state index contributed by atoms with van der Waals surface area (Å²) >= 11 is 1.58. The average Bonchev–Trinajstić information content (AvgIpc) is 2.67. The molecule has 1 N–H and O–H groups in total. The van der Waals surface area contributed by atoms with E-state index in [1.54, 1.807) is 17.8 Å². The Morgan fingerprint density at radius 3 is 2.61 bits per heavy atom. The van der Waals surface area contributed by atoms with Crippen molar-refractivity contribution in [1.29, 1.82) is 0 Å². The number of nitrogens with zero attached hydrogens (tertiary/aromatic N) is 2. The van der Waals surface area contributed by atoms with Crippen molar-refractivity contribution in [3.63, 3.8) is 0 Å². The van der Waals surface area contributed by atoms with Gasteiger partial charge < -0.3 is 5.32 Å². The lowest BCUT2D eigenvalue weighted by molar-refractivity contribution is -0.116. The highest BCUT2D eigenvalue weighted by atomic mass is 32.2. The summed E-state index contributed by atoms with van der Waals surface area (Å²) in [5.74, 6) is -0.334. The van der Waals surface area contributed by atoms with Gasteiger partial charge in [0, 0.05) is 30.2 Å². The van der Waals surface area contributed by atoms with Gasteiger partial charge in [0.2, 0.25) is 5.91 Å². The lowest BCUT2D eigenvalue weighted by Crippen LogP contribution is -2.51. The van der Waals surface area contributed by atoms with Crippen molar-refractivity contribution in [3.05, 3.63) is 59.7 Å². The summed E-state index contributed by atoms with van der Waals surface area (Å²) in [5, 5.41) is 2.80. The fourth-order valence-corrected chi connectivity index (χ4v) is 5.27. The number of rotatable bonds is 6. The molecule has 150 valence electrons. The van der Waals surface area contributed by atoms with E-state index in [-0.39, 0.29) is 12.5 Å². The van der Waals surface area contributed by atoms with Crippen LogP contribution in [0.15, 0.2) is 53.4 Å². The molecule has 0 aromatic heterocycles. The number of nitrogens with one attached hydrogen (secondary N) is 1. The molecule has 1 saturated heterocycles. The minimum absolute atomic E-state index is 0.184. The first-order chi connectivity index (χ1) is 13.4. The first kappa shape index (κ1) is 20.9.